The van der Waals surface area contributed by atoms with Crippen molar-refractivity contribution in [3.05, 3.63) is 30.1 Å². The van der Waals surface area contributed by atoms with Gasteiger partial charge >= 0.3 is 0 Å². The summed E-state index contributed by atoms with van der Waals surface area (Å²) in [4.78, 5) is 8.80. The Bertz CT molecular complexity index is 412. The molecule has 1 aliphatic rings. The van der Waals surface area contributed by atoms with Crippen LogP contribution < -0.4 is 0 Å². The summed E-state index contributed by atoms with van der Waals surface area (Å²) >= 11 is 0. The standard InChI is InChI=1S/C14H20N4/c1-12-9-18(10-13-4-7-16-8-5-13)14(3-6-15)11-17(12)2/h4-5,7-8,12,14H,3,9-11H2,1-2H3. The SMILES string of the molecule is CC1CN(Cc2ccncc2)C(CC#N)CN1C. The van der Waals surface area contributed by atoms with Gasteiger partial charge in [0.2, 0.25) is 0 Å². The molecule has 0 radical (unpaired) electrons. The van der Waals surface area contributed by atoms with Crippen molar-refractivity contribution in [1.82, 2.24) is 14.8 Å². The molecule has 1 fully saturated rings. The van der Waals surface area contributed by atoms with Crippen LogP contribution >= 0.6 is 0 Å². The highest BCUT2D eigenvalue weighted by atomic mass is 15.3. The van der Waals surface area contributed by atoms with Crippen molar-refractivity contribution in [1.29, 1.82) is 5.26 Å². The van der Waals surface area contributed by atoms with Gasteiger partial charge in [-0.15, -0.1) is 0 Å². The lowest BCUT2D eigenvalue weighted by Crippen LogP contribution is -2.55. The van der Waals surface area contributed by atoms with Gasteiger partial charge in [-0.25, -0.2) is 0 Å². The van der Waals surface area contributed by atoms with E-state index in [9.17, 15) is 0 Å². The molecule has 2 atom stereocenters. The average molecular weight is 244 g/mol. The summed E-state index contributed by atoms with van der Waals surface area (Å²) in [6.45, 7) is 5.14. The molecule has 2 rings (SSSR count). The van der Waals surface area contributed by atoms with Crippen LogP contribution in [0.1, 0.15) is 18.9 Å². The number of hydrogen-bond donors (Lipinski definition) is 0. The quantitative estimate of drug-likeness (QED) is 0.808. The highest BCUT2D eigenvalue weighted by molar-refractivity contribution is 5.10. The van der Waals surface area contributed by atoms with Crippen LogP contribution in [0.5, 0.6) is 0 Å². The lowest BCUT2D eigenvalue weighted by molar-refractivity contribution is 0.0480. The van der Waals surface area contributed by atoms with E-state index < -0.39 is 0 Å². The van der Waals surface area contributed by atoms with E-state index in [0.717, 1.165) is 19.6 Å². The first-order valence-corrected chi connectivity index (χ1v) is 6.41. The summed E-state index contributed by atoms with van der Waals surface area (Å²) < 4.78 is 0. The van der Waals surface area contributed by atoms with Gasteiger partial charge in [0.15, 0.2) is 0 Å². The van der Waals surface area contributed by atoms with Gasteiger partial charge in [-0.1, -0.05) is 0 Å². The van der Waals surface area contributed by atoms with Crippen molar-refractivity contribution in [2.75, 3.05) is 20.1 Å². The Hall–Kier alpha value is -1.44. The zero-order valence-corrected chi connectivity index (χ0v) is 11.1. The number of likely N-dealkylation sites (N-methyl/N-ethyl adjacent to an activating group) is 1. The largest absolute Gasteiger partial charge is 0.301 e. The summed E-state index contributed by atoms with van der Waals surface area (Å²) in [5, 5.41) is 8.95. The van der Waals surface area contributed by atoms with Gasteiger partial charge in [0.25, 0.3) is 0 Å². The molecule has 1 aliphatic heterocycles. The topological polar surface area (TPSA) is 43.2 Å². The van der Waals surface area contributed by atoms with Gasteiger partial charge in [0.1, 0.15) is 0 Å². The molecule has 1 saturated heterocycles. The second-order valence-corrected chi connectivity index (χ2v) is 5.09. The fraction of sp³-hybridized carbons (Fsp3) is 0.571. The first-order chi connectivity index (χ1) is 8.70. The molecular weight excluding hydrogens is 224 g/mol. The maximum Gasteiger partial charge on any atom is 0.0638 e. The van der Waals surface area contributed by atoms with Crippen LogP contribution in [0, 0.1) is 11.3 Å². The number of nitriles is 1. The molecule has 4 nitrogen and oxygen atoms in total. The zero-order chi connectivity index (χ0) is 13.0. The third-order valence-corrected chi connectivity index (χ3v) is 3.73. The van der Waals surface area contributed by atoms with Gasteiger partial charge in [-0.2, -0.15) is 5.26 Å². The Morgan fingerprint density at radius 3 is 2.78 bits per heavy atom. The van der Waals surface area contributed by atoms with Crippen molar-refractivity contribution in [3.63, 3.8) is 0 Å². The summed E-state index contributed by atoms with van der Waals surface area (Å²) in [6.07, 6.45) is 4.25. The fourth-order valence-electron chi connectivity index (χ4n) is 2.47. The molecule has 18 heavy (non-hydrogen) atoms. The lowest BCUT2D eigenvalue weighted by Gasteiger charge is -2.43. The minimum absolute atomic E-state index is 0.337. The van der Waals surface area contributed by atoms with E-state index in [-0.39, 0.29) is 0 Å². The Morgan fingerprint density at radius 2 is 2.11 bits per heavy atom. The first-order valence-electron chi connectivity index (χ1n) is 6.41. The van der Waals surface area contributed by atoms with E-state index in [1.165, 1.54) is 5.56 Å². The Morgan fingerprint density at radius 1 is 1.39 bits per heavy atom. The van der Waals surface area contributed by atoms with Gasteiger partial charge in [0, 0.05) is 44.1 Å². The fourth-order valence-corrected chi connectivity index (χ4v) is 2.47. The zero-order valence-electron chi connectivity index (χ0n) is 11.1. The molecule has 2 unspecified atom stereocenters. The molecular formula is C14H20N4. The van der Waals surface area contributed by atoms with E-state index in [0.29, 0.717) is 18.5 Å². The van der Waals surface area contributed by atoms with Crippen molar-refractivity contribution in [2.24, 2.45) is 0 Å². The van der Waals surface area contributed by atoms with Crippen LogP contribution in [0.25, 0.3) is 0 Å². The molecule has 0 spiro atoms. The van der Waals surface area contributed by atoms with Crippen LogP contribution in [0.2, 0.25) is 0 Å². The van der Waals surface area contributed by atoms with E-state index in [2.05, 4.69) is 34.8 Å². The highest BCUT2D eigenvalue weighted by Gasteiger charge is 2.29. The molecule has 0 aromatic carbocycles. The molecule has 0 bridgehead atoms. The maximum atomic E-state index is 8.95. The number of pyridine rings is 1. The van der Waals surface area contributed by atoms with Crippen molar-refractivity contribution in [2.45, 2.75) is 32.0 Å². The predicted octanol–water partition coefficient (Wildman–Crippen LogP) is 1.50. The second kappa shape index (κ2) is 5.94. The lowest BCUT2D eigenvalue weighted by atomic mass is 10.0. The molecule has 0 saturated carbocycles. The van der Waals surface area contributed by atoms with Gasteiger partial charge < -0.3 is 4.90 Å². The van der Waals surface area contributed by atoms with Crippen molar-refractivity contribution in [3.8, 4) is 6.07 Å². The number of nitrogens with zero attached hydrogens (tertiary/aromatic N) is 4. The number of rotatable bonds is 3. The Labute approximate surface area is 109 Å². The van der Waals surface area contributed by atoms with Crippen LogP contribution in [0.15, 0.2) is 24.5 Å². The molecule has 2 heterocycles. The number of hydrogen-bond acceptors (Lipinski definition) is 4. The molecule has 0 aliphatic carbocycles. The van der Waals surface area contributed by atoms with Crippen LogP contribution in [0.3, 0.4) is 0 Å². The summed E-state index contributed by atoms with van der Waals surface area (Å²) in [6, 6.07) is 7.28. The molecule has 0 amide bonds. The smallest absolute Gasteiger partial charge is 0.0638 e. The number of aromatic nitrogens is 1. The molecule has 1 aromatic rings. The van der Waals surface area contributed by atoms with Gasteiger partial charge in [-0.3, -0.25) is 9.88 Å². The normalized spacial score (nSPS) is 25.8. The van der Waals surface area contributed by atoms with Crippen molar-refractivity contribution < 1.29 is 0 Å². The van der Waals surface area contributed by atoms with Crippen LogP contribution in [-0.2, 0) is 6.54 Å². The highest BCUT2D eigenvalue weighted by Crippen LogP contribution is 2.18. The average Bonchev–Trinajstić information content (AvgIpc) is 2.37. The minimum atomic E-state index is 0.337. The van der Waals surface area contributed by atoms with Crippen LogP contribution in [-0.4, -0.2) is 47.0 Å². The van der Waals surface area contributed by atoms with E-state index in [1.807, 2.05) is 24.5 Å². The van der Waals surface area contributed by atoms with E-state index >= 15 is 0 Å². The third-order valence-electron chi connectivity index (χ3n) is 3.73. The first kappa shape index (κ1) is 13.0. The van der Waals surface area contributed by atoms with Gasteiger partial charge in [0.05, 0.1) is 12.5 Å². The Kier molecular flexibility index (Phi) is 4.29. The monoisotopic (exact) mass is 244 g/mol. The molecule has 4 heteroatoms. The van der Waals surface area contributed by atoms with Crippen LogP contribution in [0.4, 0.5) is 0 Å². The predicted molar refractivity (Wildman–Crippen MR) is 70.8 cm³/mol. The maximum absolute atomic E-state index is 8.95. The third kappa shape index (κ3) is 3.06. The summed E-state index contributed by atoms with van der Waals surface area (Å²) in [5.74, 6) is 0. The van der Waals surface area contributed by atoms with Gasteiger partial charge in [-0.05, 0) is 31.7 Å². The second-order valence-electron chi connectivity index (χ2n) is 5.09. The molecule has 96 valence electrons. The van der Waals surface area contributed by atoms with Crippen molar-refractivity contribution >= 4 is 0 Å². The molecule has 1 aromatic heterocycles. The summed E-state index contributed by atoms with van der Waals surface area (Å²) in [5.41, 5.74) is 1.27. The van der Waals surface area contributed by atoms with E-state index in [1.54, 1.807) is 0 Å². The van der Waals surface area contributed by atoms with E-state index in [4.69, 9.17) is 5.26 Å². The minimum Gasteiger partial charge on any atom is -0.301 e. The molecule has 0 N–H and O–H groups in total. The Balaban J connectivity index is 2.06. The number of piperazine rings is 1. The summed E-state index contributed by atoms with van der Waals surface area (Å²) in [7, 11) is 2.14.